The van der Waals surface area contributed by atoms with Crippen LogP contribution in [0.3, 0.4) is 0 Å². The third-order valence-corrected chi connectivity index (χ3v) is 3.13. The number of nitrogens with zero attached hydrogens (tertiary/aromatic N) is 2. The Bertz CT molecular complexity index is 289. The molecule has 0 aromatic heterocycles. The normalized spacial score (nSPS) is 18.2. The maximum atomic E-state index is 11.7. The van der Waals surface area contributed by atoms with E-state index in [4.69, 9.17) is 5.11 Å². The summed E-state index contributed by atoms with van der Waals surface area (Å²) in [6.45, 7) is 9.62. The molecule has 1 rings (SSSR count). The van der Waals surface area contributed by atoms with Gasteiger partial charge in [-0.2, -0.15) is 0 Å². The van der Waals surface area contributed by atoms with Gasteiger partial charge in [0.1, 0.15) is 0 Å². The SMILES string of the molecule is CC(C)(C)N1CCN(C(=O)CCC(=O)O)CC1. The molecular weight excluding hydrogens is 220 g/mol. The van der Waals surface area contributed by atoms with E-state index in [2.05, 4.69) is 25.7 Å². The van der Waals surface area contributed by atoms with Gasteiger partial charge in [-0.1, -0.05) is 0 Å². The molecule has 1 amide bonds. The third kappa shape index (κ3) is 4.34. The lowest BCUT2D eigenvalue weighted by molar-refractivity contribution is -0.141. The zero-order chi connectivity index (χ0) is 13.1. The van der Waals surface area contributed by atoms with Crippen molar-refractivity contribution in [2.45, 2.75) is 39.2 Å². The summed E-state index contributed by atoms with van der Waals surface area (Å²) in [5.41, 5.74) is 0.135. The van der Waals surface area contributed by atoms with Crippen LogP contribution in [-0.4, -0.2) is 58.5 Å². The van der Waals surface area contributed by atoms with Crippen LogP contribution in [0.4, 0.5) is 0 Å². The minimum Gasteiger partial charge on any atom is -0.481 e. The van der Waals surface area contributed by atoms with Crippen molar-refractivity contribution in [3.8, 4) is 0 Å². The molecule has 0 atom stereocenters. The number of carboxylic acids is 1. The van der Waals surface area contributed by atoms with E-state index in [1.165, 1.54) is 0 Å². The molecule has 1 saturated heterocycles. The Morgan fingerprint density at radius 1 is 1.06 bits per heavy atom. The maximum absolute atomic E-state index is 11.7. The summed E-state index contributed by atoms with van der Waals surface area (Å²) in [5, 5.41) is 8.53. The molecule has 1 N–H and O–H groups in total. The van der Waals surface area contributed by atoms with Gasteiger partial charge in [0.15, 0.2) is 0 Å². The van der Waals surface area contributed by atoms with Gasteiger partial charge in [0, 0.05) is 38.1 Å². The number of piperazine rings is 1. The first kappa shape index (κ1) is 14.0. The Morgan fingerprint density at radius 2 is 1.59 bits per heavy atom. The van der Waals surface area contributed by atoms with Crippen LogP contribution in [0.5, 0.6) is 0 Å². The number of carbonyl (C=O) groups excluding carboxylic acids is 1. The van der Waals surface area contributed by atoms with Crippen molar-refractivity contribution >= 4 is 11.9 Å². The minimum absolute atomic E-state index is 0.0408. The smallest absolute Gasteiger partial charge is 0.303 e. The summed E-state index contributed by atoms with van der Waals surface area (Å²) in [6.07, 6.45) is 0.0448. The topological polar surface area (TPSA) is 60.9 Å². The highest BCUT2D eigenvalue weighted by molar-refractivity contribution is 5.80. The predicted molar refractivity (Wildman–Crippen MR) is 64.8 cm³/mol. The molecule has 1 heterocycles. The fraction of sp³-hybridized carbons (Fsp3) is 0.833. The van der Waals surface area contributed by atoms with Gasteiger partial charge in [-0.15, -0.1) is 0 Å². The molecule has 0 unspecified atom stereocenters. The monoisotopic (exact) mass is 242 g/mol. The van der Waals surface area contributed by atoms with E-state index < -0.39 is 5.97 Å². The lowest BCUT2D eigenvalue weighted by Crippen LogP contribution is -2.54. The first-order valence-corrected chi connectivity index (χ1v) is 6.05. The Morgan fingerprint density at radius 3 is 2.00 bits per heavy atom. The highest BCUT2D eigenvalue weighted by Gasteiger charge is 2.27. The number of amides is 1. The van der Waals surface area contributed by atoms with Crippen molar-refractivity contribution in [1.82, 2.24) is 9.80 Å². The Kier molecular flexibility index (Phi) is 4.51. The highest BCUT2D eigenvalue weighted by atomic mass is 16.4. The highest BCUT2D eigenvalue weighted by Crippen LogP contribution is 2.16. The molecule has 1 aliphatic rings. The molecule has 0 aromatic rings. The number of hydrogen-bond donors (Lipinski definition) is 1. The standard InChI is InChI=1S/C12H22N2O3/c1-12(2,3)14-8-6-13(7-9-14)10(15)4-5-11(16)17/h4-9H2,1-3H3,(H,16,17). The van der Waals surface area contributed by atoms with Crippen LogP contribution in [0, 0.1) is 0 Å². The molecule has 1 aliphatic heterocycles. The number of aliphatic carboxylic acids is 1. The Hall–Kier alpha value is -1.10. The summed E-state index contributed by atoms with van der Waals surface area (Å²) in [4.78, 5) is 26.2. The lowest BCUT2D eigenvalue weighted by Gasteiger charge is -2.42. The molecule has 98 valence electrons. The summed E-state index contributed by atoms with van der Waals surface area (Å²) in [6, 6.07) is 0. The van der Waals surface area contributed by atoms with Crippen LogP contribution < -0.4 is 0 Å². The van der Waals surface area contributed by atoms with Gasteiger partial charge in [0.05, 0.1) is 6.42 Å². The second-order valence-electron chi connectivity index (χ2n) is 5.43. The van der Waals surface area contributed by atoms with Crippen LogP contribution >= 0.6 is 0 Å². The molecular formula is C12H22N2O3. The molecule has 0 aliphatic carbocycles. The fourth-order valence-corrected chi connectivity index (χ4v) is 2.00. The molecule has 0 radical (unpaired) electrons. The quantitative estimate of drug-likeness (QED) is 0.795. The average molecular weight is 242 g/mol. The van der Waals surface area contributed by atoms with Crippen molar-refractivity contribution in [2.75, 3.05) is 26.2 Å². The molecule has 5 nitrogen and oxygen atoms in total. The molecule has 0 saturated carbocycles. The van der Waals surface area contributed by atoms with E-state index >= 15 is 0 Å². The van der Waals surface area contributed by atoms with Gasteiger partial charge in [-0.25, -0.2) is 0 Å². The van der Waals surface area contributed by atoms with Gasteiger partial charge < -0.3 is 10.0 Å². The van der Waals surface area contributed by atoms with Gasteiger partial charge >= 0.3 is 5.97 Å². The minimum atomic E-state index is -0.910. The van der Waals surface area contributed by atoms with E-state index in [0.29, 0.717) is 13.1 Å². The van der Waals surface area contributed by atoms with Crippen LogP contribution in [0.15, 0.2) is 0 Å². The fourth-order valence-electron chi connectivity index (χ4n) is 2.00. The van der Waals surface area contributed by atoms with Gasteiger partial charge in [-0.05, 0) is 20.8 Å². The molecule has 0 aromatic carbocycles. The van der Waals surface area contributed by atoms with Crippen molar-refractivity contribution in [3.63, 3.8) is 0 Å². The first-order chi connectivity index (χ1) is 7.80. The summed E-state index contributed by atoms with van der Waals surface area (Å²) in [5.74, 6) is -0.951. The van der Waals surface area contributed by atoms with E-state index in [-0.39, 0.29) is 24.3 Å². The maximum Gasteiger partial charge on any atom is 0.303 e. The zero-order valence-corrected chi connectivity index (χ0v) is 10.9. The Labute approximate surface area is 102 Å². The predicted octanol–water partition coefficient (Wildman–Crippen LogP) is 0.794. The lowest BCUT2D eigenvalue weighted by atomic mass is 10.0. The summed E-state index contributed by atoms with van der Waals surface area (Å²) >= 11 is 0. The number of rotatable bonds is 3. The van der Waals surface area contributed by atoms with E-state index in [9.17, 15) is 9.59 Å². The third-order valence-electron chi connectivity index (χ3n) is 3.13. The first-order valence-electron chi connectivity index (χ1n) is 6.05. The molecule has 0 spiro atoms. The van der Waals surface area contributed by atoms with Crippen molar-refractivity contribution in [3.05, 3.63) is 0 Å². The van der Waals surface area contributed by atoms with Crippen LogP contribution in [-0.2, 0) is 9.59 Å². The average Bonchev–Trinajstić information content (AvgIpc) is 2.25. The number of carbonyl (C=O) groups is 2. The van der Waals surface area contributed by atoms with Crippen molar-refractivity contribution < 1.29 is 14.7 Å². The van der Waals surface area contributed by atoms with E-state index in [0.717, 1.165) is 13.1 Å². The van der Waals surface area contributed by atoms with Crippen LogP contribution in [0.2, 0.25) is 0 Å². The molecule has 1 fully saturated rings. The zero-order valence-electron chi connectivity index (χ0n) is 10.9. The van der Waals surface area contributed by atoms with Crippen LogP contribution in [0.1, 0.15) is 33.6 Å². The van der Waals surface area contributed by atoms with E-state index in [1.807, 2.05) is 0 Å². The molecule has 5 heteroatoms. The van der Waals surface area contributed by atoms with Gasteiger partial charge in [0.2, 0.25) is 5.91 Å². The van der Waals surface area contributed by atoms with Crippen molar-refractivity contribution in [1.29, 1.82) is 0 Å². The number of hydrogen-bond acceptors (Lipinski definition) is 3. The van der Waals surface area contributed by atoms with Gasteiger partial charge in [0.25, 0.3) is 0 Å². The largest absolute Gasteiger partial charge is 0.481 e. The van der Waals surface area contributed by atoms with Gasteiger partial charge in [-0.3, -0.25) is 14.5 Å². The van der Waals surface area contributed by atoms with Crippen LogP contribution in [0.25, 0.3) is 0 Å². The van der Waals surface area contributed by atoms with E-state index in [1.54, 1.807) is 4.90 Å². The molecule has 0 bridgehead atoms. The number of carboxylic acid groups (broad SMARTS) is 1. The summed E-state index contributed by atoms with van der Waals surface area (Å²) in [7, 11) is 0. The van der Waals surface area contributed by atoms with Crippen molar-refractivity contribution in [2.24, 2.45) is 0 Å². The second-order valence-corrected chi connectivity index (χ2v) is 5.43. The Balaban J connectivity index is 2.36. The molecule has 17 heavy (non-hydrogen) atoms. The summed E-state index contributed by atoms with van der Waals surface area (Å²) < 4.78 is 0. The second kappa shape index (κ2) is 5.49.